The minimum Gasteiger partial charge on any atom is -0.457 e. The highest BCUT2D eigenvalue weighted by molar-refractivity contribution is 5.94. The molecule has 0 saturated heterocycles. The van der Waals surface area contributed by atoms with E-state index >= 15 is 0 Å². The predicted molar refractivity (Wildman–Crippen MR) is 109 cm³/mol. The van der Waals surface area contributed by atoms with Crippen LogP contribution in [0.4, 0.5) is 0 Å². The van der Waals surface area contributed by atoms with Crippen molar-refractivity contribution in [1.29, 1.82) is 0 Å². The number of amides is 1. The summed E-state index contributed by atoms with van der Waals surface area (Å²) in [6.45, 7) is 4.69. The first-order valence-electron chi connectivity index (χ1n) is 9.68. The van der Waals surface area contributed by atoms with Crippen molar-refractivity contribution in [2.24, 2.45) is 7.05 Å². The second-order valence-corrected chi connectivity index (χ2v) is 7.52. The molecular formula is C23H25N3O2. The molecule has 1 N–H and O–H groups in total. The van der Waals surface area contributed by atoms with Crippen molar-refractivity contribution < 1.29 is 9.53 Å². The first-order chi connectivity index (χ1) is 13.5. The number of hydrogen-bond acceptors (Lipinski definition) is 3. The Hall–Kier alpha value is -3.08. The molecule has 28 heavy (non-hydrogen) atoms. The molecule has 1 aliphatic carbocycles. The van der Waals surface area contributed by atoms with E-state index < -0.39 is 0 Å². The van der Waals surface area contributed by atoms with E-state index in [9.17, 15) is 4.79 Å². The lowest BCUT2D eigenvalue weighted by Gasteiger charge is -2.09. The topological polar surface area (TPSA) is 56.1 Å². The lowest BCUT2D eigenvalue weighted by atomic mass is 10.1. The van der Waals surface area contributed by atoms with E-state index in [0.717, 1.165) is 41.2 Å². The standard InChI is InChI=1S/C23H25N3O2/c1-15-4-9-18(10-5-15)28-19-11-7-17(8-12-19)14-24-23(27)22-20-13-6-16(2)21(20)25-26(22)3/h4-5,7-12,16H,6,13-14H2,1-3H3,(H,24,27). The number of fused-ring (bicyclic) bond motifs is 1. The third kappa shape index (κ3) is 3.65. The number of benzene rings is 2. The van der Waals surface area contributed by atoms with Crippen molar-refractivity contribution in [1.82, 2.24) is 15.1 Å². The Balaban J connectivity index is 1.38. The molecule has 144 valence electrons. The summed E-state index contributed by atoms with van der Waals surface area (Å²) in [6, 6.07) is 15.7. The first kappa shape index (κ1) is 18.3. The van der Waals surface area contributed by atoms with Crippen LogP contribution in [0.3, 0.4) is 0 Å². The molecule has 1 heterocycles. The molecule has 0 saturated carbocycles. The molecule has 1 aromatic heterocycles. The normalized spacial score (nSPS) is 15.3. The van der Waals surface area contributed by atoms with Gasteiger partial charge in [-0.05, 0) is 49.6 Å². The van der Waals surface area contributed by atoms with Gasteiger partial charge in [0, 0.05) is 25.1 Å². The second kappa shape index (κ2) is 7.50. The van der Waals surface area contributed by atoms with Gasteiger partial charge in [0.05, 0.1) is 5.69 Å². The Bertz CT molecular complexity index is 988. The molecule has 1 amide bonds. The average molecular weight is 375 g/mol. The number of ether oxygens (including phenoxy) is 1. The maximum absolute atomic E-state index is 12.7. The zero-order valence-electron chi connectivity index (χ0n) is 16.5. The first-order valence-corrected chi connectivity index (χ1v) is 9.68. The van der Waals surface area contributed by atoms with Crippen LogP contribution in [-0.4, -0.2) is 15.7 Å². The summed E-state index contributed by atoms with van der Waals surface area (Å²) in [6.07, 6.45) is 2.00. The van der Waals surface area contributed by atoms with E-state index in [1.165, 1.54) is 5.56 Å². The smallest absolute Gasteiger partial charge is 0.270 e. The summed E-state index contributed by atoms with van der Waals surface area (Å²) >= 11 is 0. The summed E-state index contributed by atoms with van der Waals surface area (Å²) < 4.78 is 7.57. The number of aromatic nitrogens is 2. The minimum absolute atomic E-state index is 0.0645. The Kier molecular flexibility index (Phi) is 4.90. The van der Waals surface area contributed by atoms with Crippen LogP contribution >= 0.6 is 0 Å². The third-order valence-corrected chi connectivity index (χ3v) is 5.32. The van der Waals surface area contributed by atoms with Crippen molar-refractivity contribution in [2.75, 3.05) is 0 Å². The van der Waals surface area contributed by atoms with E-state index in [1.54, 1.807) is 4.68 Å². The summed E-state index contributed by atoms with van der Waals surface area (Å²) in [5.41, 5.74) is 5.10. The van der Waals surface area contributed by atoms with Crippen LogP contribution in [-0.2, 0) is 20.0 Å². The molecule has 0 radical (unpaired) electrons. The Morgan fingerprint density at radius 1 is 1.14 bits per heavy atom. The van der Waals surface area contributed by atoms with Crippen LogP contribution < -0.4 is 10.1 Å². The van der Waals surface area contributed by atoms with Crippen LogP contribution in [0, 0.1) is 6.92 Å². The van der Waals surface area contributed by atoms with Gasteiger partial charge in [-0.15, -0.1) is 0 Å². The van der Waals surface area contributed by atoms with Gasteiger partial charge in [-0.3, -0.25) is 9.48 Å². The number of nitrogens with zero attached hydrogens (tertiary/aromatic N) is 2. The predicted octanol–water partition coefficient (Wildman–Crippen LogP) is 4.50. The zero-order valence-corrected chi connectivity index (χ0v) is 16.5. The SMILES string of the molecule is Cc1ccc(Oc2ccc(CNC(=O)c3c4c(nn3C)C(C)CC4)cc2)cc1. The molecule has 5 heteroatoms. The summed E-state index contributed by atoms with van der Waals surface area (Å²) in [5, 5.41) is 7.57. The summed E-state index contributed by atoms with van der Waals surface area (Å²) in [4.78, 5) is 12.7. The molecule has 0 aliphatic heterocycles. The van der Waals surface area contributed by atoms with Crippen LogP contribution in [0.2, 0.25) is 0 Å². The monoisotopic (exact) mass is 375 g/mol. The molecule has 5 nitrogen and oxygen atoms in total. The van der Waals surface area contributed by atoms with Crippen LogP contribution in [0.25, 0.3) is 0 Å². The minimum atomic E-state index is -0.0645. The van der Waals surface area contributed by atoms with Gasteiger partial charge in [0.15, 0.2) is 0 Å². The highest BCUT2D eigenvalue weighted by Crippen LogP contribution is 2.33. The quantitative estimate of drug-likeness (QED) is 0.714. The Morgan fingerprint density at radius 2 is 1.79 bits per heavy atom. The van der Waals surface area contributed by atoms with Gasteiger partial charge >= 0.3 is 0 Å². The highest BCUT2D eigenvalue weighted by Gasteiger charge is 2.29. The van der Waals surface area contributed by atoms with Crippen molar-refractivity contribution in [2.45, 2.75) is 39.2 Å². The van der Waals surface area contributed by atoms with Crippen LogP contribution in [0.1, 0.15) is 52.1 Å². The molecule has 1 atom stereocenters. The van der Waals surface area contributed by atoms with E-state index in [-0.39, 0.29) is 5.91 Å². The fourth-order valence-corrected chi connectivity index (χ4v) is 3.70. The number of hydrogen-bond donors (Lipinski definition) is 1. The number of nitrogens with one attached hydrogen (secondary N) is 1. The molecule has 3 aromatic rings. The molecule has 0 spiro atoms. The molecule has 1 unspecified atom stereocenters. The van der Waals surface area contributed by atoms with Gasteiger partial charge in [0.25, 0.3) is 5.91 Å². The van der Waals surface area contributed by atoms with Gasteiger partial charge in [-0.1, -0.05) is 36.8 Å². The lowest BCUT2D eigenvalue weighted by Crippen LogP contribution is -2.26. The summed E-state index contributed by atoms with van der Waals surface area (Å²) in [5.74, 6) is 1.96. The molecule has 0 fully saturated rings. The van der Waals surface area contributed by atoms with E-state index in [2.05, 4.69) is 17.3 Å². The Morgan fingerprint density at radius 3 is 2.46 bits per heavy atom. The zero-order chi connectivity index (χ0) is 19.7. The van der Waals surface area contributed by atoms with Crippen LogP contribution in [0.15, 0.2) is 48.5 Å². The average Bonchev–Trinajstić information content (AvgIpc) is 3.21. The molecule has 1 aliphatic rings. The van der Waals surface area contributed by atoms with Crippen molar-refractivity contribution in [3.8, 4) is 11.5 Å². The fraction of sp³-hybridized carbons (Fsp3) is 0.304. The van der Waals surface area contributed by atoms with Crippen molar-refractivity contribution in [3.63, 3.8) is 0 Å². The number of rotatable bonds is 5. The second-order valence-electron chi connectivity index (χ2n) is 7.52. The van der Waals surface area contributed by atoms with Crippen molar-refractivity contribution in [3.05, 3.63) is 76.6 Å². The lowest BCUT2D eigenvalue weighted by molar-refractivity contribution is 0.0940. The number of carbonyl (C=O) groups excluding carboxylic acids is 1. The largest absolute Gasteiger partial charge is 0.457 e. The van der Waals surface area contributed by atoms with Gasteiger partial charge in [-0.2, -0.15) is 5.10 Å². The van der Waals surface area contributed by atoms with Gasteiger partial charge in [0.1, 0.15) is 17.2 Å². The molecule has 0 bridgehead atoms. The Labute approximate surface area is 165 Å². The number of aryl methyl sites for hydroxylation is 2. The van der Waals surface area contributed by atoms with Crippen molar-refractivity contribution >= 4 is 5.91 Å². The molecular weight excluding hydrogens is 350 g/mol. The maximum Gasteiger partial charge on any atom is 0.270 e. The number of carbonyl (C=O) groups is 1. The third-order valence-electron chi connectivity index (χ3n) is 5.32. The fourth-order valence-electron chi connectivity index (χ4n) is 3.70. The summed E-state index contributed by atoms with van der Waals surface area (Å²) in [7, 11) is 1.84. The molecule has 2 aromatic carbocycles. The van der Waals surface area contributed by atoms with Gasteiger partial charge in [-0.25, -0.2) is 0 Å². The molecule has 4 rings (SSSR count). The van der Waals surface area contributed by atoms with Gasteiger partial charge in [0.2, 0.25) is 0 Å². The highest BCUT2D eigenvalue weighted by atomic mass is 16.5. The van der Waals surface area contributed by atoms with E-state index in [0.29, 0.717) is 18.2 Å². The maximum atomic E-state index is 12.7. The van der Waals surface area contributed by atoms with Gasteiger partial charge < -0.3 is 10.1 Å². The van der Waals surface area contributed by atoms with E-state index in [1.807, 2.05) is 62.5 Å². The van der Waals surface area contributed by atoms with E-state index in [4.69, 9.17) is 4.74 Å². The van der Waals surface area contributed by atoms with Crippen LogP contribution in [0.5, 0.6) is 11.5 Å².